The maximum absolute atomic E-state index is 12.1. The fourth-order valence-electron chi connectivity index (χ4n) is 2.01. The molecule has 2 N–H and O–H groups in total. The van der Waals surface area contributed by atoms with Crippen LogP contribution >= 0.6 is 11.6 Å². The molecule has 2 aromatic heterocycles. The van der Waals surface area contributed by atoms with E-state index in [4.69, 9.17) is 16.0 Å². The lowest BCUT2D eigenvalue weighted by molar-refractivity contribution is 0.0844. The van der Waals surface area contributed by atoms with Crippen molar-refractivity contribution in [2.75, 3.05) is 0 Å². The molecule has 0 radical (unpaired) electrons. The smallest absolute Gasteiger partial charge is 0.349 e. The zero-order chi connectivity index (χ0) is 17.1. The number of fused-ring (bicyclic) bond motifs is 1. The molecule has 2 amide bonds. The van der Waals surface area contributed by atoms with Crippen LogP contribution in [-0.2, 0) is 0 Å². The highest BCUT2D eigenvalue weighted by Gasteiger charge is 2.15. The van der Waals surface area contributed by atoms with Crippen molar-refractivity contribution >= 4 is 34.4 Å². The van der Waals surface area contributed by atoms with Crippen molar-refractivity contribution in [1.29, 1.82) is 0 Å². The number of aromatic nitrogens is 1. The van der Waals surface area contributed by atoms with E-state index in [0.717, 1.165) is 0 Å². The molecule has 3 rings (SSSR count). The van der Waals surface area contributed by atoms with Crippen molar-refractivity contribution in [3.8, 4) is 0 Å². The Morgan fingerprint density at radius 3 is 2.46 bits per heavy atom. The Balaban J connectivity index is 1.80. The maximum atomic E-state index is 12.1. The number of hydrogen-bond acceptors (Lipinski definition) is 5. The molecule has 120 valence electrons. The van der Waals surface area contributed by atoms with Gasteiger partial charge in [0, 0.05) is 28.4 Å². The summed E-state index contributed by atoms with van der Waals surface area (Å²) < 4.78 is 5.06. The second-order valence-electron chi connectivity index (χ2n) is 4.77. The second kappa shape index (κ2) is 6.51. The fourth-order valence-corrected chi connectivity index (χ4v) is 2.19. The summed E-state index contributed by atoms with van der Waals surface area (Å²) in [6, 6.07) is 8.97. The van der Waals surface area contributed by atoms with Gasteiger partial charge >= 0.3 is 5.63 Å². The van der Waals surface area contributed by atoms with E-state index in [1.807, 2.05) is 0 Å². The molecule has 0 bridgehead atoms. The summed E-state index contributed by atoms with van der Waals surface area (Å²) in [6.07, 6.45) is 2.89. The van der Waals surface area contributed by atoms with Crippen LogP contribution in [0.25, 0.3) is 11.0 Å². The molecule has 0 spiro atoms. The van der Waals surface area contributed by atoms with Crippen molar-refractivity contribution in [3.63, 3.8) is 0 Å². The van der Waals surface area contributed by atoms with E-state index in [2.05, 4.69) is 15.8 Å². The summed E-state index contributed by atoms with van der Waals surface area (Å²) in [5, 5.41) is 0.932. The van der Waals surface area contributed by atoms with Crippen molar-refractivity contribution in [3.05, 3.63) is 75.4 Å². The lowest BCUT2D eigenvalue weighted by Crippen LogP contribution is -2.43. The molecule has 0 atom stereocenters. The number of carbonyl (C=O) groups is 2. The largest absolute Gasteiger partial charge is 0.422 e. The molecule has 8 heteroatoms. The number of hydrogen-bond donors (Lipinski definition) is 2. The SMILES string of the molecule is O=C(NNC(=O)c1cc2cc(Cl)ccc2oc1=O)c1ccncc1. The lowest BCUT2D eigenvalue weighted by Gasteiger charge is -2.07. The zero-order valence-corrected chi connectivity index (χ0v) is 12.8. The number of amides is 2. The minimum atomic E-state index is -0.819. The molecule has 1 aromatic carbocycles. The molecular weight excluding hydrogens is 334 g/mol. The molecule has 0 fully saturated rings. The molecule has 0 saturated carbocycles. The van der Waals surface area contributed by atoms with E-state index < -0.39 is 17.4 Å². The Labute approximate surface area is 140 Å². The zero-order valence-electron chi connectivity index (χ0n) is 12.1. The van der Waals surface area contributed by atoms with Gasteiger partial charge in [-0.05, 0) is 36.4 Å². The Kier molecular flexibility index (Phi) is 4.26. The van der Waals surface area contributed by atoms with Gasteiger partial charge in [0.2, 0.25) is 0 Å². The van der Waals surface area contributed by atoms with Gasteiger partial charge in [-0.25, -0.2) is 4.79 Å². The number of nitrogens with one attached hydrogen (secondary N) is 2. The van der Waals surface area contributed by atoms with E-state index in [-0.39, 0.29) is 5.56 Å². The van der Waals surface area contributed by atoms with Crippen LogP contribution in [0, 0.1) is 0 Å². The van der Waals surface area contributed by atoms with Crippen LogP contribution < -0.4 is 16.5 Å². The number of carbonyl (C=O) groups excluding carboxylic acids is 2. The average molecular weight is 344 g/mol. The second-order valence-corrected chi connectivity index (χ2v) is 5.21. The first kappa shape index (κ1) is 15.7. The fraction of sp³-hybridized carbons (Fsp3) is 0. The van der Waals surface area contributed by atoms with Crippen LogP contribution in [-0.4, -0.2) is 16.8 Å². The molecule has 7 nitrogen and oxygen atoms in total. The molecule has 2 heterocycles. The lowest BCUT2D eigenvalue weighted by atomic mass is 10.2. The molecule has 0 aliphatic rings. The van der Waals surface area contributed by atoms with Gasteiger partial charge in [-0.2, -0.15) is 0 Å². The normalized spacial score (nSPS) is 10.4. The highest BCUT2D eigenvalue weighted by Crippen LogP contribution is 2.18. The Hall–Kier alpha value is -3.19. The minimum Gasteiger partial charge on any atom is -0.422 e. The summed E-state index contributed by atoms with van der Waals surface area (Å²) >= 11 is 5.88. The Morgan fingerprint density at radius 2 is 1.71 bits per heavy atom. The summed E-state index contributed by atoms with van der Waals surface area (Å²) in [7, 11) is 0. The third-order valence-corrected chi connectivity index (χ3v) is 3.41. The average Bonchev–Trinajstić information content (AvgIpc) is 2.60. The third kappa shape index (κ3) is 3.26. The molecule has 0 saturated heterocycles. The highest BCUT2D eigenvalue weighted by molar-refractivity contribution is 6.31. The van der Waals surface area contributed by atoms with Crippen LogP contribution in [0.5, 0.6) is 0 Å². The first-order valence-corrected chi connectivity index (χ1v) is 7.16. The molecule has 3 aromatic rings. The van der Waals surface area contributed by atoms with E-state index in [9.17, 15) is 14.4 Å². The number of nitrogens with zero attached hydrogens (tertiary/aromatic N) is 1. The van der Waals surface area contributed by atoms with Crippen LogP contribution in [0.4, 0.5) is 0 Å². The van der Waals surface area contributed by atoms with Gasteiger partial charge in [0.15, 0.2) is 0 Å². The van der Waals surface area contributed by atoms with Gasteiger partial charge in [0.05, 0.1) is 0 Å². The van der Waals surface area contributed by atoms with Crippen molar-refractivity contribution in [1.82, 2.24) is 15.8 Å². The number of halogens is 1. The maximum Gasteiger partial charge on any atom is 0.349 e. The van der Waals surface area contributed by atoms with Crippen molar-refractivity contribution < 1.29 is 14.0 Å². The van der Waals surface area contributed by atoms with Gasteiger partial charge in [-0.3, -0.25) is 25.4 Å². The van der Waals surface area contributed by atoms with Crippen LogP contribution in [0.1, 0.15) is 20.7 Å². The van der Waals surface area contributed by atoms with E-state index in [1.54, 1.807) is 12.1 Å². The quantitative estimate of drug-likeness (QED) is 0.546. The predicted molar refractivity (Wildman–Crippen MR) is 86.7 cm³/mol. The van der Waals surface area contributed by atoms with E-state index in [0.29, 0.717) is 21.6 Å². The molecule has 0 unspecified atom stereocenters. The number of rotatable bonds is 2. The van der Waals surface area contributed by atoms with Crippen LogP contribution in [0.3, 0.4) is 0 Å². The first-order valence-electron chi connectivity index (χ1n) is 6.79. The monoisotopic (exact) mass is 343 g/mol. The number of hydrazine groups is 1. The molecule has 0 aliphatic carbocycles. The van der Waals surface area contributed by atoms with Gasteiger partial charge in [0.25, 0.3) is 11.8 Å². The minimum absolute atomic E-state index is 0.250. The van der Waals surface area contributed by atoms with Crippen molar-refractivity contribution in [2.24, 2.45) is 0 Å². The first-order chi connectivity index (χ1) is 11.5. The number of benzene rings is 1. The number of pyridine rings is 1. The van der Waals surface area contributed by atoms with E-state index in [1.165, 1.54) is 36.7 Å². The van der Waals surface area contributed by atoms with Gasteiger partial charge in [-0.15, -0.1) is 0 Å². The van der Waals surface area contributed by atoms with Crippen molar-refractivity contribution in [2.45, 2.75) is 0 Å². The van der Waals surface area contributed by atoms with Gasteiger partial charge in [-0.1, -0.05) is 11.6 Å². The summed E-state index contributed by atoms with van der Waals surface area (Å²) in [5.74, 6) is -1.34. The predicted octanol–water partition coefficient (Wildman–Crippen LogP) is 1.92. The Bertz CT molecular complexity index is 986. The summed E-state index contributed by atoms with van der Waals surface area (Å²) in [5.41, 5.74) is 3.92. The van der Waals surface area contributed by atoms with E-state index >= 15 is 0 Å². The molecule has 0 aliphatic heterocycles. The van der Waals surface area contributed by atoms with Gasteiger partial charge in [0.1, 0.15) is 11.1 Å². The summed E-state index contributed by atoms with van der Waals surface area (Å²) in [6.45, 7) is 0. The highest BCUT2D eigenvalue weighted by atomic mass is 35.5. The topological polar surface area (TPSA) is 101 Å². The Morgan fingerprint density at radius 1 is 1.00 bits per heavy atom. The summed E-state index contributed by atoms with van der Waals surface area (Å²) in [4.78, 5) is 39.6. The van der Waals surface area contributed by atoms with Crippen LogP contribution in [0.15, 0.2) is 58.0 Å². The molecular formula is C16H10ClN3O4. The molecule has 24 heavy (non-hydrogen) atoms. The standard InChI is InChI=1S/C16H10ClN3O4/c17-11-1-2-13-10(7-11)8-12(16(23)24-13)15(22)20-19-14(21)9-3-5-18-6-4-9/h1-8H,(H,19,21)(H,20,22). The van der Waals surface area contributed by atoms with Gasteiger partial charge < -0.3 is 4.42 Å². The third-order valence-electron chi connectivity index (χ3n) is 3.17. The van der Waals surface area contributed by atoms with Crippen LogP contribution in [0.2, 0.25) is 5.02 Å².